The molecule has 2 aromatic carbocycles. The number of para-hydroxylation sites is 1. The van der Waals surface area contributed by atoms with E-state index in [1.165, 1.54) is 13.2 Å². The Morgan fingerprint density at radius 1 is 1.18 bits per heavy atom. The van der Waals surface area contributed by atoms with Crippen LogP contribution in [0.1, 0.15) is 48.5 Å². The molecule has 0 bridgehead atoms. The Kier molecular flexibility index (Phi) is 8.25. The number of amides is 1. The SMILES string of the molecule is CCN/C(=N\C#N)N[C@H]1CC[C@](CNC(=O)c2ccccc2OC)(c2ccccc2F)CC1. The number of halogens is 1. The van der Waals surface area contributed by atoms with Gasteiger partial charge in [-0.05, 0) is 56.4 Å². The van der Waals surface area contributed by atoms with Crippen LogP contribution >= 0.6 is 0 Å². The average molecular weight is 452 g/mol. The molecule has 0 aliphatic heterocycles. The van der Waals surface area contributed by atoms with E-state index >= 15 is 0 Å². The summed E-state index contributed by atoms with van der Waals surface area (Å²) in [5.74, 6) is 0.428. The minimum atomic E-state index is -0.536. The summed E-state index contributed by atoms with van der Waals surface area (Å²) in [6.07, 6.45) is 4.64. The summed E-state index contributed by atoms with van der Waals surface area (Å²) in [5.41, 5.74) is 0.523. The average Bonchev–Trinajstić information content (AvgIpc) is 2.84. The van der Waals surface area contributed by atoms with Gasteiger partial charge in [0.2, 0.25) is 12.2 Å². The molecule has 2 aromatic rings. The van der Waals surface area contributed by atoms with E-state index in [9.17, 15) is 9.18 Å². The van der Waals surface area contributed by atoms with Gasteiger partial charge in [-0.1, -0.05) is 30.3 Å². The van der Waals surface area contributed by atoms with Crippen LogP contribution in [0.3, 0.4) is 0 Å². The Bertz CT molecular complexity index is 1030. The Morgan fingerprint density at radius 2 is 1.88 bits per heavy atom. The van der Waals surface area contributed by atoms with Crippen LogP contribution in [0.25, 0.3) is 0 Å². The molecular weight excluding hydrogens is 421 g/mol. The van der Waals surface area contributed by atoms with E-state index in [0.29, 0.717) is 48.8 Å². The van der Waals surface area contributed by atoms with Crippen LogP contribution in [0.4, 0.5) is 4.39 Å². The van der Waals surface area contributed by atoms with E-state index in [0.717, 1.165) is 12.8 Å². The predicted molar refractivity (Wildman–Crippen MR) is 126 cm³/mol. The lowest BCUT2D eigenvalue weighted by Gasteiger charge is -2.41. The van der Waals surface area contributed by atoms with Crippen molar-refractivity contribution < 1.29 is 13.9 Å². The zero-order valence-electron chi connectivity index (χ0n) is 19.0. The normalized spacial score (nSPS) is 20.4. The standard InChI is InChI=1S/C25H30FN5O2/c1-3-28-24(30-17-27)31-18-12-14-25(15-13-18,20-9-5-6-10-21(20)26)16-29-23(32)19-8-4-7-11-22(19)33-2/h4-11,18H,3,12-16H2,1-2H3,(H,29,32)(H2,28,30,31)/t18-,25-. The van der Waals surface area contributed by atoms with Gasteiger partial charge in [-0.25, -0.2) is 4.39 Å². The zero-order valence-corrected chi connectivity index (χ0v) is 19.0. The molecule has 0 atom stereocenters. The molecule has 3 rings (SSSR count). The summed E-state index contributed by atoms with van der Waals surface area (Å²) in [6.45, 7) is 2.89. The van der Waals surface area contributed by atoms with E-state index in [4.69, 9.17) is 10.00 Å². The molecule has 1 amide bonds. The van der Waals surface area contributed by atoms with Gasteiger partial charge in [0.15, 0.2) is 0 Å². The summed E-state index contributed by atoms with van der Waals surface area (Å²) in [6, 6.07) is 13.9. The highest BCUT2D eigenvalue weighted by atomic mass is 19.1. The molecular formula is C25H30FN5O2. The van der Waals surface area contributed by atoms with Crippen LogP contribution in [0.2, 0.25) is 0 Å². The second-order valence-electron chi connectivity index (χ2n) is 8.15. The van der Waals surface area contributed by atoms with E-state index in [1.54, 1.807) is 36.5 Å². The third kappa shape index (κ3) is 5.80. The number of carbonyl (C=O) groups is 1. The predicted octanol–water partition coefficient (Wildman–Crippen LogP) is 3.48. The Morgan fingerprint density at radius 3 is 2.55 bits per heavy atom. The van der Waals surface area contributed by atoms with Gasteiger partial charge in [0.1, 0.15) is 11.6 Å². The maximum absolute atomic E-state index is 14.9. The largest absolute Gasteiger partial charge is 0.496 e. The molecule has 8 heteroatoms. The van der Waals surface area contributed by atoms with Crippen molar-refractivity contribution in [2.75, 3.05) is 20.2 Å². The third-order valence-corrected chi connectivity index (χ3v) is 6.17. The van der Waals surface area contributed by atoms with E-state index in [1.807, 2.05) is 19.1 Å². The molecule has 0 heterocycles. The van der Waals surface area contributed by atoms with Gasteiger partial charge < -0.3 is 20.7 Å². The number of aliphatic imine (C=N–C) groups is 1. The van der Waals surface area contributed by atoms with Crippen LogP contribution in [-0.4, -0.2) is 38.1 Å². The van der Waals surface area contributed by atoms with E-state index in [2.05, 4.69) is 20.9 Å². The smallest absolute Gasteiger partial charge is 0.255 e. The van der Waals surface area contributed by atoms with Gasteiger partial charge in [-0.15, -0.1) is 4.99 Å². The number of methoxy groups -OCH3 is 1. The number of hydrogen-bond donors (Lipinski definition) is 3. The van der Waals surface area contributed by atoms with Gasteiger partial charge in [-0.2, -0.15) is 5.26 Å². The van der Waals surface area contributed by atoms with Gasteiger partial charge in [0, 0.05) is 24.5 Å². The zero-order chi connectivity index (χ0) is 23.7. The molecule has 1 aliphatic rings. The number of benzene rings is 2. The molecule has 1 saturated carbocycles. The van der Waals surface area contributed by atoms with Crippen molar-refractivity contribution in [3.05, 3.63) is 65.5 Å². The quantitative estimate of drug-likeness (QED) is 0.340. The van der Waals surface area contributed by atoms with Crippen LogP contribution in [0.15, 0.2) is 53.5 Å². The highest BCUT2D eigenvalue weighted by molar-refractivity contribution is 5.97. The van der Waals surface area contributed by atoms with Crippen molar-refractivity contribution in [3.8, 4) is 11.9 Å². The first kappa shape index (κ1) is 24.1. The number of carbonyl (C=O) groups excluding carboxylic acids is 1. The number of rotatable bonds is 7. The van der Waals surface area contributed by atoms with Gasteiger partial charge in [0.25, 0.3) is 5.91 Å². The van der Waals surface area contributed by atoms with Crippen LogP contribution in [0, 0.1) is 17.3 Å². The Balaban J connectivity index is 1.77. The Hall–Kier alpha value is -3.60. The monoisotopic (exact) mass is 451 g/mol. The minimum absolute atomic E-state index is 0.0981. The maximum Gasteiger partial charge on any atom is 0.255 e. The Labute approximate surface area is 194 Å². The number of hydrogen-bond acceptors (Lipinski definition) is 4. The number of ether oxygens (including phenoxy) is 1. The molecule has 0 spiro atoms. The lowest BCUT2D eigenvalue weighted by Crippen LogP contribution is -2.50. The first-order valence-corrected chi connectivity index (χ1v) is 11.2. The molecule has 33 heavy (non-hydrogen) atoms. The highest BCUT2D eigenvalue weighted by Gasteiger charge is 2.39. The van der Waals surface area contributed by atoms with Gasteiger partial charge in [-0.3, -0.25) is 4.79 Å². The van der Waals surface area contributed by atoms with E-state index in [-0.39, 0.29) is 17.8 Å². The van der Waals surface area contributed by atoms with Crippen LogP contribution in [-0.2, 0) is 5.41 Å². The molecule has 174 valence electrons. The first-order chi connectivity index (χ1) is 16.0. The molecule has 3 N–H and O–H groups in total. The number of nitriles is 1. The van der Waals surface area contributed by atoms with Crippen molar-refractivity contribution in [2.45, 2.75) is 44.1 Å². The minimum Gasteiger partial charge on any atom is -0.496 e. The van der Waals surface area contributed by atoms with Gasteiger partial charge in [0.05, 0.1) is 12.7 Å². The summed E-state index contributed by atoms with van der Waals surface area (Å²) in [5, 5.41) is 18.3. The molecule has 0 unspecified atom stereocenters. The lowest BCUT2D eigenvalue weighted by atomic mass is 9.68. The lowest BCUT2D eigenvalue weighted by molar-refractivity contribution is 0.0931. The molecule has 0 radical (unpaired) electrons. The van der Waals surface area contributed by atoms with Crippen molar-refractivity contribution in [3.63, 3.8) is 0 Å². The fraction of sp³-hybridized carbons (Fsp3) is 0.400. The topological polar surface area (TPSA) is 98.5 Å². The molecule has 7 nitrogen and oxygen atoms in total. The summed E-state index contributed by atoms with van der Waals surface area (Å²) in [7, 11) is 1.53. The maximum atomic E-state index is 14.9. The summed E-state index contributed by atoms with van der Waals surface area (Å²) < 4.78 is 20.2. The van der Waals surface area contributed by atoms with Crippen LogP contribution < -0.4 is 20.7 Å². The molecule has 0 saturated heterocycles. The fourth-order valence-corrected chi connectivity index (χ4v) is 4.46. The van der Waals surface area contributed by atoms with Crippen molar-refractivity contribution >= 4 is 11.9 Å². The molecule has 1 aliphatic carbocycles. The summed E-state index contributed by atoms with van der Waals surface area (Å²) in [4.78, 5) is 16.7. The van der Waals surface area contributed by atoms with Crippen molar-refractivity contribution in [1.29, 1.82) is 5.26 Å². The molecule has 1 fully saturated rings. The first-order valence-electron chi connectivity index (χ1n) is 11.2. The second-order valence-corrected chi connectivity index (χ2v) is 8.15. The van der Waals surface area contributed by atoms with Crippen molar-refractivity contribution in [2.24, 2.45) is 4.99 Å². The second kappa shape index (κ2) is 11.3. The highest BCUT2D eigenvalue weighted by Crippen LogP contribution is 2.40. The fourth-order valence-electron chi connectivity index (χ4n) is 4.46. The van der Waals surface area contributed by atoms with Crippen LogP contribution in [0.5, 0.6) is 5.75 Å². The van der Waals surface area contributed by atoms with E-state index < -0.39 is 5.41 Å². The number of guanidine groups is 1. The molecule has 0 aromatic heterocycles. The van der Waals surface area contributed by atoms with Gasteiger partial charge >= 0.3 is 0 Å². The number of nitrogens with one attached hydrogen (secondary N) is 3. The third-order valence-electron chi connectivity index (χ3n) is 6.17. The summed E-state index contributed by atoms with van der Waals surface area (Å²) >= 11 is 0. The number of nitrogens with zero attached hydrogens (tertiary/aromatic N) is 2. The van der Waals surface area contributed by atoms with Crippen molar-refractivity contribution in [1.82, 2.24) is 16.0 Å².